The lowest BCUT2D eigenvalue weighted by Crippen LogP contribution is -2.31. The summed E-state index contributed by atoms with van der Waals surface area (Å²) < 4.78 is 13.8. The molecule has 0 saturated carbocycles. The second-order valence-electron chi connectivity index (χ2n) is 3.09. The lowest BCUT2D eigenvalue weighted by molar-refractivity contribution is 0.325. The molecule has 1 aromatic rings. The summed E-state index contributed by atoms with van der Waals surface area (Å²) in [6.45, 7) is 3.52. The van der Waals surface area contributed by atoms with Gasteiger partial charge in [-0.1, -0.05) is 12.2 Å². The molecule has 1 heterocycles. The zero-order valence-electron chi connectivity index (χ0n) is 7.99. The van der Waals surface area contributed by atoms with Crippen molar-refractivity contribution in [2.75, 3.05) is 6.61 Å². The van der Waals surface area contributed by atoms with Gasteiger partial charge in [-0.15, -0.1) is 0 Å². The molecule has 0 unspecified atom stereocenters. The van der Waals surface area contributed by atoms with E-state index in [0.717, 1.165) is 10.8 Å². The molecule has 82 valence electrons. The van der Waals surface area contributed by atoms with E-state index in [4.69, 9.17) is 5.11 Å². The molecule has 0 saturated heterocycles. The molecule has 0 spiro atoms. The fourth-order valence-corrected chi connectivity index (χ4v) is 1.01. The third-order valence-electron chi connectivity index (χ3n) is 1.90. The summed E-state index contributed by atoms with van der Waals surface area (Å²) in [5, 5.41) is 8.66. The van der Waals surface area contributed by atoms with Crippen LogP contribution in [0.25, 0.3) is 0 Å². The Bertz CT molecular complexity index is 475. The predicted molar refractivity (Wildman–Crippen MR) is 52.1 cm³/mol. The van der Waals surface area contributed by atoms with Crippen LogP contribution in [0.4, 0.5) is 4.39 Å². The Balaban J connectivity index is 2.87. The fraction of sp³-hybridized carbons (Fsp3) is 0.333. The van der Waals surface area contributed by atoms with Crippen LogP contribution in [0.2, 0.25) is 0 Å². The third-order valence-corrected chi connectivity index (χ3v) is 1.90. The van der Waals surface area contributed by atoms with Crippen LogP contribution in [0.15, 0.2) is 27.9 Å². The summed E-state index contributed by atoms with van der Waals surface area (Å²) in [5.41, 5.74) is -1.17. The van der Waals surface area contributed by atoms with E-state index in [1.165, 1.54) is 0 Å². The van der Waals surface area contributed by atoms with E-state index in [0.29, 0.717) is 12.0 Å². The van der Waals surface area contributed by atoms with Gasteiger partial charge in [-0.3, -0.25) is 14.3 Å². The van der Waals surface area contributed by atoms with Crippen molar-refractivity contribution in [3.8, 4) is 0 Å². The van der Waals surface area contributed by atoms with Gasteiger partial charge in [-0.2, -0.15) is 4.39 Å². The first-order chi connectivity index (χ1) is 7.04. The number of rotatable bonds is 4. The van der Waals surface area contributed by atoms with Crippen LogP contribution in [0.3, 0.4) is 0 Å². The first-order valence-electron chi connectivity index (χ1n) is 4.31. The maximum absolute atomic E-state index is 12.8. The van der Waals surface area contributed by atoms with Crippen LogP contribution in [0, 0.1) is 5.82 Å². The molecule has 0 aromatic carbocycles. The van der Waals surface area contributed by atoms with Gasteiger partial charge in [0.1, 0.15) is 0 Å². The molecule has 0 radical (unpaired) electrons. The zero-order valence-corrected chi connectivity index (χ0v) is 7.99. The van der Waals surface area contributed by atoms with Crippen molar-refractivity contribution in [2.45, 2.75) is 13.0 Å². The van der Waals surface area contributed by atoms with Gasteiger partial charge >= 0.3 is 5.69 Å². The Morgan fingerprint density at radius 3 is 2.87 bits per heavy atom. The van der Waals surface area contributed by atoms with Crippen LogP contribution in [-0.4, -0.2) is 21.3 Å². The molecule has 0 aliphatic rings. The number of aliphatic hydroxyl groups excluding tert-OH is 1. The van der Waals surface area contributed by atoms with E-state index in [1.54, 1.807) is 0 Å². The van der Waals surface area contributed by atoms with Gasteiger partial charge in [0.15, 0.2) is 0 Å². The van der Waals surface area contributed by atoms with Crippen molar-refractivity contribution in [2.24, 2.45) is 0 Å². The topological polar surface area (TPSA) is 75.1 Å². The van der Waals surface area contributed by atoms with Crippen LogP contribution in [-0.2, 0) is 6.54 Å². The first-order valence-corrected chi connectivity index (χ1v) is 4.31. The van der Waals surface area contributed by atoms with Gasteiger partial charge in [0, 0.05) is 6.54 Å². The number of nitrogens with zero attached hydrogens (tertiary/aromatic N) is 1. The van der Waals surface area contributed by atoms with Crippen LogP contribution in [0.1, 0.15) is 6.42 Å². The number of aromatic amines is 1. The average Bonchev–Trinajstić information content (AvgIpc) is 2.21. The van der Waals surface area contributed by atoms with Gasteiger partial charge in [-0.05, 0) is 6.42 Å². The van der Waals surface area contributed by atoms with Crippen LogP contribution < -0.4 is 11.2 Å². The van der Waals surface area contributed by atoms with E-state index >= 15 is 0 Å². The summed E-state index contributed by atoms with van der Waals surface area (Å²) in [4.78, 5) is 23.7. The lowest BCUT2D eigenvalue weighted by atomic mass is 10.2. The minimum absolute atomic E-state index is 0.173. The molecule has 1 aromatic heterocycles. The highest BCUT2D eigenvalue weighted by Crippen LogP contribution is 1.97. The summed E-state index contributed by atoms with van der Waals surface area (Å²) in [7, 11) is 0. The summed E-state index contributed by atoms with van der Waals surface area (Å²) in [6, 6.07) is 0. The molecule has 0 amide bonds. The Morgan fingerprint density at radius 1 is 1.60 bits per heavy atom. The van der Waals surface area contributed by atoms with Crippen LogP contribution in [0.5, 0.6) is 0 Å². The molecule has 0 aliphatic heterocycles. The molecular weight excluding hydrogens is 203 g/mol. The SMILES string of the molecule is C=C(CO)CCn1cc(F)c(=O)[nH]c1=O. The van der Waals surface area contributed by atoms with Crippen molar-refractivity contribution >= 4 is 0 Å². The second-order valence-corrected chi connectivity index (χ2v) is 3.09. The highest BCUT2D eigenvalue weighted by Gasteiger charge is 2.03. The summed E-state index contributed by atoms with van der Waals surface area (Å²) in [6.07, 6.45) is 1.19. The number of aliphatic hydroxyl groups is 1. The Labute approximate surface area is 84.5 Å². The number of H-pyrrole nitrogens is 1. The Kier molecular flexibility index (Phi) is 3.56. The number of hydrogen-bond acceptors (Lipinski definition) is 3. The highest BCUT2D eigenvalue weighted by atomic mass is 19.1. The molecule has 6 heteroatoms. The molecule has 0 fully saturated rings. The molecule has 1 rings (SSSR count). The van der Waals surface area contributed by atoms with Crippen molar-refractivity contribution in [3.63, 3.8) is 0 Å². The van der Waals surface area contributed by atoms with Gasteiger partial charge in [0.25, 0.3) is 5.56 Å². The quantitative estimate of drug-likeness (QED) is 0.670. The number of halogens is 1. The average molecular weight is 214 g/mol. The van der Waals surface area contributed by atoms with Crippen molar-refractivity contribution in [3.05, 3.63) is 45.0 Å². The van der Waals surface area contributed by atoms with Gasteiger partial charge in [-0.25, -0.2) is 4.79 Å². The number of aromatic nitrogens is 2. The van der Waals surface area contributed by atoms with Gasteiger partial charge < -0.3 is 5.11 Å². The van der Waals surface area contributed by atoms with Crippen molar-refractivity contribution < 1.29 is 9.50 Å². The van der Waals surface area contributed by atoms with E-state index in [2.05, 4.69) is 6.58 Å². The van der Waals surface area contributed by atoms with E-state index in [9.17, 15) is 14.0 Å². The third kappa shape index (κ3) is 2.88. The molecule has 0 aliphatic carbocycles. The van der Waals surface area contributed by atoms with E-state index in [-0.39, 0.29) is 13.2 Å². The van der Waals surface area contributed by atoms with Crippen molar-refractivity contribution in [1.29, 1.82) is 0 Å². The summed E-state index contributed by atoms with van der Waals surface area (Å²) in [5.74, 6) is -1.01. The maximum atomic E-state index is 12.8. The maximum Gasteiger partial charge on any atom is 0.328 e. The number of aryl methyl sites for hydroxylation is 1. The largest absolute Gasteiger partial charge is 0.392 e. The number of nitrogens with one attached hydrogen (secondary N) is 1. The molecule has 0 bridgehead atoms. The predicted octanol–water partition coefficient (Wildman–Crippen LogP) is -0.386. The van der Waals surface area contributed by atoms with E-state index in [1.807, 2.05) is 4.98 Å². The summed E-state index contributed by atoms with van der Waals surface area (Å²) >= 11 is 0. The van der Waals surface area contributed by atoms with Crippen LogP contribution >= 0.6 is 0 Å². The molecule has 5 nitrogen and oxygen atoms in total. The Hall–Kier alpha value is -1.69. The second kappa shape index (κ2) is 4.70. The first kappa shape index (κ1) is 11.4. The lowest BCUT2D eigenvalue weighted by Gasteiger charge is -2.05. The fourth-order valence-electron chi connectivity index (χ4n) is 1.01. The molecule has 0 atom stereocenters. The molecule has 15 heavy (non-hydrogen) atoms. The standard InChI is InChI=1S/C9H11FN2O3/c1-6(5-13)2-3-12-4-7(10)8(14)11-9(12)15/h4,13H,1-3,5H2,(H,11,14,15). The van der Waals surface area contributed by atoms with Gasteiger partial charge in [0.2, 0.25) is 5.82 Å². The minimum atomic E-state index is -1.03. The smallest absolute Gasteiger partial charge is 0.328 e. The van der Waals surface area contributed by atoms with E-state index < -0.39 is 17.1 Å². The molecule has 2 N–H and O–H groups in total. The molecular formula is C9H11FN2O3. The monoisotopic (exact) mass is 214 g/mol. The number of hydrogen-bond donors (Lipinski definition) is 2. The Morgan fingerprint density at radius 2 is 2.27 bits per heavy atom. The highest BCUT2D eigenvalue weighted by molar-refractivity contribution is 4.94. The zero-order chi connectivity index (χ0) is 11.4. The van der Waals surface area contributed by atoms with Crippen molar-refractivity contribution in [1.82, 2.24) is 9.55 Å². The minimum Gasteiger partial charge on any atom is -0.392 e. The van der Waals surface area contributed by atoms with Gasteiger partial charge in [0.05, 0.1) is 12.8 Å². The normalized spacial score (nSPS) is 10.3.